The quantitative estimate of drug-likeness (QED) is 0.594. The molecule has 104 valence electrons. The lowest BCUT2D eigenvalue weighted by Gasteiger charge is -2.55. The Bertz CT molecular complexity index is 595. The van der Waals surface area contributed by atoms with Gasteiger partial charge >= 0.3 is 0 Å². The number of methoxy groups -OCH3 is 2. The number of rotatable bonds is 2. The number of nitriles is 2. The van der Waals surface area contributed by atoms with Gasteiger partial charge in [-0.1, -0.05) is 12.2 Å². The Kier molecular flexibility index (Phi) is 2.50. The molecule has 3 aliphatic carbocycles. The first-order valence-corrected chi connectivity index (χ1v) is 6.55. The molecular formula is C14H16N4O2. The van der Waals surface area contributed by atoms with Crippen LogP contribution < -0.4 is 5.73 Å². The molecule has 0 saturated heterocycles. The Balaban J connectivity index is 2.37. The number of nitrogens with zero attached hydrogens (tertiary/aromatic N) is 3. The predicted molar refractivity (Wildman–Crippen MR) is 69.8 cm³/mol. The number of hydrogen-bond donors (Lipinski definition) is 1. The maximum Gasteiger partial charge on any atom is 0.292 e. The van der Waals surface area contributed by atoms with E-state index in [4.69, 9.17) is 15.2 Å². The van der Waals surface area contributed by atoms with Gasteiger partial charge in [0.25, 0.3) is 5.91 Å². The summed E-state index contributed by atoms with van der Waals surface area (Å²) in [5, 5.41) is 19.8. The lowest BCUT2D eigenvalue weighted by Crippen LogP contribution is -2.65. The Morgan fingerprint density at radius 3 is 2.25 bits per heavy atom. The molecule has 0 radical (unpaired) electrons. The van der Waals surface area contributed by atoms with Gasteiger partial charge in [0.15, 0.2) is 5.41 Å². The van der Waals surface area contributed by atoms with E-state index in [1.54, 1.807) is 0 Å². The summed E-state index contributed by atoms with van der Waals surface area (Å²) in [6.07, 6.45) is 5.58. The molecule has 4 atom stereocenters. The minimum absolute atomic E-state index is 0.131. The molecule has 1 saturated carbocycles. The Labute approximate surface area is 117 Å². The highest BCUT2D eigenvalue weighted by atomic mass is 16.7. The van der Waals surface area contributed by atoms with Crippen LogP contribution in [0.3, 0.4) is 0 Å². The molecule has 0 spiro atoms. The first kappa shape index (κ1) is 13.1. The number of hydrogen-bond acceptors (Lipinski definition) is 6. The minimum atomic E-state index is -1.52. The van der Waals surface area contributed by atoms with Crippen molar-refractivity contribution in [3.8, 4) is 12.1 Å². The fourth-order valence-electron chi connectivity index (χ4n) is 4.30. The molecule has 6 heteroatoms. The molecule has 0 aromatic rings. The van der Waals surface area contributed by atoms with Crippen molar-refractivity contribution in [2.75, 3.05) is 14.2 Å². The fraction of sp³-hybridized carbons (Fsp3) is 0.643. The third-order valence-electron chi connectivity index (χ3n) is 5.17. The summed E-state index contributed by atoms with van der Waals surface area (Å²) in [4.78, 5) is 4.29. The average molecular weight is 272 g/mol. The van der Waals surface area contributed by atoms with E-state index in [9.17, 15) is 10.5 Å². The van der Waals surface area contributed by atoms with Crippen LogP contribution in [0.25, 0.3) is 0 Å². The maximum atomic E-state index is 9.96. The van der Waals surface area contributed by atoms with Crippen molar-refractivity contribution in [1.82, 2.24) is 0 Å². The molecule has 1 fully saturated rings. The lowest BCUT2D eigenvalue weighted by molar-refractivity contribution is -0.280. The number of allylic oxidation sites excluding steroid dienone is 2. The molecule has 0 amide bonds. The Morgan fingerprint density at radius 1 is 1.20 bits per heavy atom. The van der Waals surface area contributed by atoms with Crippen molar-refractivity contribution in [3.63, 3.8) is 0 Å². The van der Waals surface area contributed by atoms with E-state index in [-0.39, 0.29) is 17.7 Å². The molecule has 0 unspecified atom stereocenters. The highest BCUT2D eigenvalue weighted by Crippen LogP contribution is 2.68. The fourth-order valence-corrected chi connectivity index (χ4v) is 4.30. The second-order valence-electron chi connectivity index (χ2n) is 5.50. The Morgan fingerprint density at radius 2 is 1.80 bits per heavy atom. The molecule has 4 rings (SSSR count). The van der Waals surface area contributed by atoms with Crippen molar-refractivity contribution in [2.45, 2.75) is 18.8 Å². The van der Waals surface area contributed by atoms with E-state index < -0.39 is 16.7 Å². The molecular weight excluding hydrogens is 256 g/mol. The third-order valence-corrected chi connectivity index (χ3v) is 5.17. The predicted octanol–water partition coefficient (Wildman–Crippen LogP) is 0.920. The van der Waals surface area contributed by atoms with Crippen LogP contribution in [0, 0.1) is 45.3 Å². The van der Waals surface area contributed by atoms with Crippen LogP contribution in [0.5, 0.6) is 0 Å². The van der Waals surface area contributed by atoms with E-state index in [0.29, 0.717) is 0 Å². The topological polar surface area (TPSA) is 104 Å². The van der Waals surface area contributed by atoms with Crippen LogP contribution in [-0.2, 0) is 9.47 Å². The first-order valence-electron chi connectivity index (χ1n) is 6.55. The zero-order chi connectivity index (χ0) is 14.6. The van der Waals surface area contributed by atoms with Gasteiger partial charge in [0.2, 0.25) is 0 Å². The SMILES string of the molecule is COC1(OC)N=C(N)[C@@]2(C#N)[C@H]3C=C[C@H](CC3)[C@@]12C#N. The second kappa shape index (κ2) is 3.82. The maximum absolute atomic E-state index is 9.96. The third kappa shape index (κ3) is 0.985. The summed E-state index contributed by atoms with van der Waals surface area (Å²) in [7, 11) is 2.86. The molecule has 6 nitrogen and oxygen atoms in total. The van der Waals surface area contributed by atoms with Gasteiger partial charge in [0.05, 0.1) is 12.1 Å². The van der Waals surface area contributed by atoms with Crippen LogP contribution in [0.15, 0.2) is 17.1 Å². The van der Waals surface area contributed by atoms with E-state index in [1.165, 1.54) is 14.2 Å². The van der Waals surface area contributed by atoms with Crippen molar-refractivity contribution in [3.05, 3.63) is 12.2 Å². The summed E-state index contributed by atoms with van der Waals surface area (Å²) in [5.41, 5.74) is 3.68. The van der Waals surface area contributed by atoms with Gasteiger partial charge in [-0.2, -0.15) is 10.5 Å². The highest BCUT2D eigenvalue weighted by Gasteiger charge is 2.79. The molecule has 20 heavy (non-hydrogen) atoms. The largest absolute Gasteiger partial charge is 0.386 e. The molecule has 2 N–H and O–H groups in total. The molecule has 1 aliphatic heterocycles. The molecule has 1 heterocycles. The number of nitrogens with two attached hydrogens (primary N) is 1. The monoisotopic (exact) mass is 272 g/mol. The van der Waals surface area contributed by atoms with Crippen molar-refractivity contribution in [1.29, 1.82) is 10.5 Å². The number of aliphatic imine (C=N–C) groups is 1. The van der Waals surface area contributed by atoms with Crippen LogP contribution in [0.4, 0.5) is 0 Å². The van der Waals surface area contributed by atoms with Crippen LogP contribution in [0.2, 0.25) is 0 Å². The van der Waals surface area contributed by atoms with E-state index in [1.807, 2.05) is 12.2 Å². The van der Waals surface area contributed by atoms with Crippen molar-refractivity contribution >= 4 is 5.84 Å². The summed E-state index contributed by atoms with van der Waals surface area (Å²) in [5.74, 6) is -1.67. The Hall–Kier alpha value is -1.89. The summed E-state index contributed by atoms with van der Waals surface area (Å²) >= 11 is 0. The van der Waals surface area contributed by atoms with Gasteiger partial charge < -0.3 is 15.2 Å². The van der Waals surface area contributed by atoms with Crippen LogP contribution in [0.1, 0.15) is 12.8 Å². The standard InChI is InChI=1S/C14H16N4O2/c1-19-14(20-2)13(8-16)10-5-3-9(4-6-10)12(13,7-15)11(17)18-14/h3,5,9-10H,4,6H2,1-2H3,(H2,17,18)/t9-,10+,12+,13+/m0/s1. The van der Waals surface area contributed by atoms with Gasteiger partial charge in [-0.05, 0) is 12.8 Å². The summed E-state index contributed by atoms with van der Waals surface area (Å²) in [6.45, 7) is 0. The van der Waals surface area contributed by atoms with Gasteiger partial charge in [-0.3, -0.25) is 0 Å². The number of ether oxygens (including phenoxy) is 2. The normalized spacial score (nSPS) is 43.5. The lowest BCUT2D eigenvalue weighted by atomic mass is 9.45. The van der Waals surface area contributed by atoms with Crippen molar-refractivity contribution in [2.24, 2.45) is 33.4 Å². The molecule has 0 aromatic heterocycles. The van der Waals surface area contributed by atoms with Crippen LogP contribution >= 0.6 is 0 Å². The van der Waals surface area contributed by atoms with Gasteiger partial charge in [-0.15, -0.1) is 0 Å². The summed E-state index contributed by atoms with van der Waals surface area (Å²) < 4.78 is 10.9. The van der Waals surface area contributed by atoms with Crippen molar-refractivity contribution < 1.29 is 9.47 Å². The smallest absolute Gasteiger partial charge is 0.292 e. The van der Waals surface area contributed by atoms with E-state index in [2.05, 4.69) is 17.1 Å². The van der Waals surface area contributed by atoms with Gasteiger partial charge in [-0.25, -0.2) is 4.99 Å². The van der Waals surface area contributed by atoms with Crippen LogP contribution in [-0.4, -0.2) is 26.0 Å². The first-order chi connectivity index (χ1) is 9.58. The molecule has 4 aliphatic rings. The minimum Gasteiger partial charge on any atom is -0.386 e. The average Bonchev–Trinajstić information content (AvgIpc) is 2.76. The van der Waals surface area contributed by atoms with Gasteiger partial charge in [0.1, 0.15) is 11.3 Å². The zero-order valence-corrected chi connectivity index (χ0v) is 11.5. The number of amidine groups is 1. The zero-order valence-electron chi connectivity index (χ0n) is 11.5. The molecule has 2 bridgehead atoms. The van der Waals surface area contributed by atoms with E-state index >= 15 is 0 Å². The molecule has 0 aromatic carbocycles. The summed E-state index contributed by atoms with van der Waals surface area (Å²) in [6, 6.07) is 4.59. The number of fused-ring (bicyclic) bond motifs is 1. The van der Waals surface area contributed by atoms with E-state index in [0.717, 1.165) is 12.8 Å². The van der Waals surface area contributed by atoms with Gasteiger partial charge in [0, 0.05) is 26.1 Å². The highest BCUT2D eigenvalue weighted by molar-refractivity contribution is 5.94. The second-order valence-corrected chi connectivity index (χ2v) is 5.50.